The van der Waals surface area contributed by atoms with Crippen molar-refractivity contribution in [3.8, 4) is 34.0 Å². The number of oxazole rings is 1. The molecule has 0 N–H and O–H groups in total. The predicted molar refractivity (Wildman–Crippen MR) is 183 cm³/mol. The van der Waals surface area contributed by atoms with Gasteiger partial charge in [-0.05, 0) is 47.9 Å². The van der Waals surface area contributed by atoms with Crippen LogP contribution < -0.4 is 0 Å². The number of benzene rings is 4. The number of nitrogens with zero attached hydrogens (tertiary/aromatic N) is 6. The van der Waals surface area contributed by atoms with E-state index in [2.05, 4.69) is 115 Å². The minimum absolute atomic E-state index is 0. The van der Waals surface area contributed by atoms with Gasteiger partial charge in [0.1, 0.15) is 0 Å². The molecule has 3 aromatic heterocycles. The van der Waals surface area contributed by atoms with E-state index in [0.717, 1.165) is 39.4 Å². The van der Waals surface area contributed by atoms with Crippen LogP contribution in [-0.4, -0.2) is 29.5 Å². The van der Waals surface area contributed by atoms with Gasteiger partial charge >= 0.3 is 0 Å². The van der Waals surface area contributed by atoms with E-state index >= 15 is 0 Å². The number of imidazole rings is 1. The zero-order valence-corrected chi connectivity index (χ0v) is 30.1. The Balaban J connectivity index is 0.000000191. The van der Waals surface area contributed by atoms with Crippen molar-refractivity contribution in [3.05, 3.63) is 132 Å². The Morgan fingerprint density at radius 2 is 1.49 bits per heavy atom. The summed E-state index contributed by atoms with van der Waals surface area (Å²) in [6.07, 6.45) is 5.83. The van der Waals surface area contributed by atoms with Gasteiger partial charge in [-0.15, -0.1) is 59.7 Å². The van der Waals surface area contributed by atoms with Crippen LogP contribution in [0.3, 0.4) is 0 Å². The fraction of sp³-hybridized carbons (Fsp3) is 0.231. The third-order valence-electron chi connectivity index (χ3n) is 8.04. The van der Waals surface area contributed by atoms with Crippen LogP contribution in [0.15, 0.2) is 95.8 Å². The molecule has 241 valence electrons. The second kappa shape index (κ2) is 14.4. The van der Waals surface area contributed by atoms with Crippen molar-refractivity contribution in [2.45, 2.75) is 60.3 Å². The summed E-state index contributed by atoms with van der Waals surface area (Å²) in [6, 6.07) is 30.9. The predicted octanol–water partition coefficient (Wildman–Crippen LogP) is 9.38. The van der Waals surface area contributed by atoms with Gasteiger partial charge in [0, 0.05) is 62.5 Å². The third kappa shape index (κ3) is 7.04. The maximum absolute atomic E-state index is 5.59. The van der Waals surface area contributed by atoms with Gasteiger partial charge in [0.2, 0.25) is 0 Å². The first-order valence-corrected chi connectivity index (χ1v) is 15.6. The number of fused-ring (bicyclic) bond motifs is 1. The molecule has 7 aromatic rings. The molecule has 7 rings (SSSR count). The van der Waals surface area contributed by atoms with E-state index in [4.69, 9.17) is 4.42 Å². The number of aromatic nitrogens is 6. The van der Waals surface area contributed by atoms with Gasteiger partial charge in [-0.1, -0.05) is 69.3 Å². The standard InChI is InChI=1S/C23H24N3O.C16H14N3.Ir/c1-14(2)18-7-6-8-19(15(3)4)22(18)26-12-11-24-23(26)17-9-10-21-20(13-17)25-16(5)27-21;1-12-7-6-8-13(2)16(12)19-11-15(17-18-19)14-9-4-3-5-10-14;/h6-8,10-15H,1-5H3;3-9,11H,1-2H3;/q2*-1;. The first-order valence-electron chi connectivity index (χ1n) is 15.6. The van der Waals surface area contributed by atoms with Gasteiger partial charge in [-0.3, -0.25) is 4.98 Å². The van der Waals surface area contributed by atoms with Crippen molar-refractivity contribution in [1.29, 1.82) is 0 Å². The van der Waals surface area contributed by atoms with Crippen molar-refractivity contribution < 1.29 is 24.5 Å². The van der Waals surface area contributed by atoms with E-state index in [1.807, 2.05) is 66.6 Å². The van der Waals surface area contributed by atoms with Gasteiger partial charge in [-0.2, -0.15) is 5.10 Å². The fourth-order valence-corrected chi connectivity index (χ4v) is 5.81. The molecule has 0 spiro atoms. The Bertz CT molecular complexity index is 2060. The van der Waals surface area contributed by atoms with Crippen LogP contribution >= 0.6 is 0 Å². The summed E-state index contributed by atoms with van der Waals surface area (Å²) >= 11 is 0. The van der Waals surface area contributed by atoms with E-state index in [1.54, 1.807) is 0 Å². The molecular formula is C39H38IrN6O-2. The zero-order chi connectivity index (χ0) is 32.4. The number of hydrogen-bond donors (Lipinski definition) is 0. The normalized spacial score (nSPS) is 11.1. The van der Waals surface area contributed by atoms with Crippen molar-refractivity contribution in [2.24, 2.45) is 0 Å². The molecule has 0 amide bonds. The van der Waals surface area contributed by atoms with Crippen LogP contribution in [0.1, 0.15) is 67.7 Å². The van der Waals surface area contributed by atoms with Crippen LogP contribution in [0.4, 0.5) is 0 Å². The molecule has 0 fully saturated rings. The second-order valence-electron chi connectivity index (χ2n) is 12.1. The molecule has 3 heterocycles. The number of hydrogen-bond acceptors (Lipinski definition) is 5. The minimum Gasteiger partial charge on any atom is -0.488 e. The number of rotatable bonds is 6. The summed E-state index contributed by atoms with van der Waals surface area (Å²) in [5, 5.41) is 8.46. The molecule has 0 atom stereocenters. The molecule has 0 saturated heterocycles. The van der Waals surface area contributed by atoms with Crippen LogP contribution in [0, 0.1) is 32.9 Å². The first kappa shape index (κ1) is 33.7. The third-order valence-corrected chi connectivity index (χ3v) is 8.04. The maximum Gasteiger partial charge on any atom is 0.180 e. The SMILES string of the molecule is Cc1cccc(C)c1-n1cc(-c2[c-]cccc2)nn1.Cc1nc2cc(-c3nccn3-c3c(C(C)C)cccc3C(C)C)[c-]cc2o1.[Ir]. The van der Waals surface area contributed by atoms with Crippen LogP contribution in [0.25, 0.3) is 45.1 Å². The Labute approximate surface area is 290 Å². The van der Waals surface area contributed by atoms with Crippen molar-refractivity contribution in [3.63, 3.8) is 0 Å². The minimum atomic E-state index is 0. The molecule has 0 saturated carbocycles. The van der Waals surface area contributed by atoms with Gasteiger partial charge in [0.05, 0.1) is 17.1 Å². The molecule has 0 bridgehead atoms. The van der Waals surface area contributed by atoms with Crippen molar-refractivity contribution >= 4 is 11.1 Å². The van der Waals surface area contributed by atoms with Crippen molar-refractivity contribution in [2.75, 3.05) is 0 Å². The summed E-state index contributed by atoms with van der Waals surface area (Å²) in [6.45, 7) is 14.9. The monoisotopic (exact) mass is 799 g/mol. The molecule has 0 unspecified atom stereocenters. The summed E-state index contributed by atoms with van der Waals surface area (Å²) in [4.78, 5) is 9.10. The van der Waals surface area contributed by atoms with E-state index in [1.165, 1.54) is 27.9 Å². The molecule has 47 heavy (non-hydrogen) atoms. The molecule has 0 aliphatic rings. The fourth-order valence-electron chi connectivity index (χ4n) is 5.81. The molecule has 7 nitrogen and oxygen atoms in total. The zero-order valence-electron chi connectivity index (χ0n) is 27.7. The maximum atomic E-state index is 5.59. The molecular weight excluding hydrogens is 761 g/mol. The van der Waals surface area contributed by atoms with E-state index < -0.39 is 0 Å². The molecule has 1 radical (unpaired) electrons. The van der Waals surface area contributed by atoms with Crippen LogP contribution in [-0.2, 0) is 20.1 Å². The quantitative estimate of drug-likeness (QED) is 0.157. The van der Waals surface area contributed by atoms with Gasteiger partial charge in [0.25, 0.3) is 0 Å². The average Bonchev–Trinajstić information content (AvgIpc) is 3.80. The van der Waals surface area contributed by atoms with E-state index in [9.17, 15) is 0 Å². The van der Waals surface area contributed by atoms with E-state index in [-0.39, 0.29) is 20.1 Å². The largest absolute Gasteiger partial charge is 0.488 e. The summed E-state index contributed by atoms with van der Waals surface area (Å²) in [5.41, 5.74) is 11.6. The Hall–Kier alpha value is -4.65. The van der Waals surface area contributed by atoms with Crippen LogP contribution in [0.5, 0.6) is 0 Å². The smallest absolute Gasteiger partial charge is 0.180 e. The number of para-hydroxylation sites is 2. The first-order chi connectivity index (χ1) is 22.2. The molecule has 0 aliphatic heterocycles. The summed E-state index contributed by atoms with van der Waals surface area (Å²) < 4.78 is 9.61. The van der Waals surface area contributed by atoms with Gasteiger partial charge in [-0.25, -0.2) is 9.67 Å². The van der Waals surface area contributed by atoms with E-state index in [0.29, 0.717) is 17.7 Å². The second-order valence-corrected chi connectivity index (χ2v) is 12.1. The topological polar surface area (TPSA) is 74.6 Å². The summed E-state index contributed by atoms with van der Waals surface area (Å²) in [5.74, 6) is 2.36. The summed E-state index contributed by atoms with van der Waals surface area (Å²) in [7, 11) is 0. The molecule has 8 heteroatoms. The number of aryl methyl sites for hydroxylation is 3. The van der Waals surface area contributed by atoms with Crippen LogP contribution in [0.2, 0.25) is 0 Å². The average molecular weight is 799 g/mol. The van der Waals surface area contributed by atoms with Crippen molar-refractivity contribution in [1.82, 2.24) is 29.5 Å². The van der Waals surface area contributed by atoms with Gasteiger partial charge in [0.15, 0.2) is 5.89 Å². The Morgan fingerprint density at radius 3 is 2.15 bits per heavy atom. The van der Waals surface area contributed by atoms with Gasteiger partial charge < -0.3 is 8.98 Å². The molecule has 0 aliphatic carbocycles. The Kier molecular flexibility index (Phi) is 10.3. The molecule has 4 aromatic carbocycles. The Morgan fingerprint density at radius 1 is 0.787 bits per heavy atom.